The van der Waals surface area contributed by atoms with E-state index >= 15 is 0 Å². The first-order valence-corrected chi connectivity index (χ1v) is 4.60. The van der Waals surface area contributed by atoms with Crippen LogP contribution >= 0.6 is 0 Å². The van der Waals surface area contributed by atoms with Crippen molar-refractivity contribution in [2.45, 2.75) is 32.7 Å². The van der Waals surface area contributed by atoms with Crippen LogP contribution < -0.4 is 5.32 Å². The summed E-state index contributed by atoms with van der Waals surface area (Å²) in [6, 6.07) is 0.589. The van der Waals surface area contributed by atoms with Crippen molar-refractivity contribution >= 4 is 0 Å². The molecule has 2 heteroatoms. The maximum absolute atomic E-state index is 8.98. The highest BCUT2D eigenvalue weighted by Crippen LogP contribution is 2.23. The minimum absolute atomic E-state index is 0.330. The van der Waals surface area contributed by atoms with Crippen LogP contribution in [-0.4, -0.2) is 24.3 Å². The molecule has 1 heterocycles. The zero-order valence-corrected chi connectivity index (χ0v) is 7.51. The number of rotatable bonds is 2. The van der Waals surface area contributed by atoms with Gasteiger partial charge in [0.15, 0.2) is 0 Å². The Hall–Kier alpha value is -0.0800. The Morgan fingerprint density at radius 2 is 2.36 bits per heavy atom. The van der Waals surface area contributed by atoms with Crippen molar-refractivity contribution in [2.75, 3.05) is 13.2 Å². The lowest BCUT2D eigenvalue weighted by molar-refractivity contribution is 0.141. The zero-order valence-electron chi connectivity index (χ0n) is 7.51. The van der Waals surface area contributed by atoms with Crippen molar-refractivity contribution in [2.24, 2.45) is 11.8 Å². The molecular weight excluding hydrogens is 138 g/mol. The van der Waals surface area contributed by atoms with Crippen LogP contribution in [0, 0.1) is 11.8 Å². The lowest BCUT2D eigenvalue weighted by Gasteiger charge is -2.33. The minimum atomic E-state index is 0.330. The average molecular weight is 157 g/mol. The van der Waals surface area contributed by atoms with E-state index in [-0.39, 0.29) is 0 Å². The van der Waals surface area contributed by atoms with Crippen molar-refractivity contribution in [3.63, 3.8) is 0 Å². The molecule has 0 aromatic rings. The Kier molecular flexibility index (Phi) is 3.34. The molecule has 0 aromatic carbocycles. The first-order valence-electron chi connectivity index (χ1n) is 4.60. The maximum Gasteiger partial charge on any atom is 0.0459 e. The molecule has 3 atom stereocenters. The van der Waals surface area contributed by atoms with Gasteiger partial charge in [0.25, 0.3) is 0 Å². The average Bonchev–Trinajstić information content (AvgIpc) is 2.04. The number of hydrogen-bond acceptors (Lipinski definition) is 2. The summed E-state index contributed by atoms with van der Waals surface area (Å²) in [5.74, 6) is 1.13. The minimum Gasteiger partial charge on any atom is -0.396 e. The van der Waals surface area contributed by atoms with E-state index in [1.807, 2.05) is 0 Å². The highest BCUT2D eigenvalue weighted by atomic mass is 16.3. The first-order chi connectivity index (χ1) is 5.25. The molecular formula is C9H19NO. The van der Waals surface area contributed by atoms with Crippen molar-refractivity contribution in [3.8, 4) is 0 Å². The fourth-order valence-electron chi connectivity index (χ4n) is 1.98. The summed E-state index contributed by atoms with van der Waals surface area (Å²) in [5, 5.41) is 12.4. The highest BCUT2D eigenvalue weighted by Gasteiger charge is 2.25. The summed E-state index contributed by atoms with van der Waals surface area (Å²) in [5.41, 5.74) is 0. The van der Waals surface area contributed by atoms with E-state index in [9.17, 15) is 0 Å². The Labute approximate surface area is 69.0 Å². The number of aliphatic hydroxyl groups is 1. The molecule has 2 nitrogen and oxygen atoms in total. The van der Waals surface area contributed by atoms with Crippen LogP contribution in [0.15, 0.2) is 0 Å². The van der Waals surface area contributed by atoms with Crippen molar-refractivity contribution < 1.29 is 5.11 Å². The number of nitrogens with one attached hydrogen (secondary N) is 1. The normalized spacial score (nSPS) is 35.2. The van der Waals surface area contributed by atoms with E-state index in [1.165, 1.54) is 12.8 Å². The quantitative estimate of drug-likeness (QED) is 0.627. The van der Waals surface area contributed by atoms with Crippen LogP contribution in [0.3, 0.4) is 0 Å². The van der Waals surface area contributed by atoms with Crippen LogP contribution in [-0.2, 0) is 0 Å². The number of aliphatic hydroxyl groups excluding tert-OH is 1. The second-order valence-electron chi connectivity index (χ2n) is 3.71. The summed E-state index contributed by atoms with van der Waals surface area (Å²) < 4.78 is 0. The summed E-state index contributed by atoms with van der Waals surface area (Å²) in [6.45, 7) is 5.83. The van der Waals surface area contributed by atoms with Crippen molar-refractivity contribution in [3.05, 3.63) is 0 Å². The predicted octanol–water partition coefficient (Wildman–Crippen LogP) is 1.00. The molecule has 0 radical (unpaired) electrons. The van der Waals surface area contributed by atoms with Gasteiger partial charge in [-0.2, -0.15) is 0 Å². The van der Waals surface area contributed by atoms with Gasteiger partial charge in [-0.05, 0) is 38.1 Å². The van der Waals surface area contributed by atoms with Gasteiger partial charge in [-0.25, -0.2) is 0 Å². The predicted molar refractivity (Wildman–Crippen MR) is 46.4 cm³/mol. The molecule has 2 N–H and O–H groups in total. The van der Waals surface area contributed by atoms with E-state index in [0.29, 0.717) is 24.5 Å². The second-order valence-corrected chi connectivity index (χ2v) is 3.71. The third-order valence-electron chi connectivity index (χ3n) is 2.84. The van der Waals surface area contributed by atoms with Gasteiger partial charge in [-0.15, -0.1) is 0 Å². The summed E-state index contributed by atoms with van der Waals surface area (Å²) in [6.07, 6.45) is 2.54. The van der Waals surface area contributed by atoms with E-state index in [4.69, 9.17) is 5.11 Å². The molecule has 2 unspecified atom stereocenters. The molecule has 1 fully saturated rings. The lowest BCUT2D eigenvalue weighted by Crippen LogP contribution is -2.42. The molecule has 0 aromatic heterocycles. The maximum atomic E-state index is 8.98. The standard InChI is InChI=1S/C9H19NO/c1-7(6-11)9-4-3-5-10-8(9)2/h7-11H,3-6H2,1-2H3/t7?,8?,9-/m0/s1. The second kappa shape index (κ2) is 4.07. The molecule has 1 saturated heterocycles. The topological polar surface area (TPSA) is 32.3 Å². The van der Waals surface area contributed by atoms with Gasteiger partial charge in [0, 0.05) is 12.6 Å². The van der Waals surface area contributed by atoms with E-state index in [1.54, 1.807) is 0 Å². The fourth-order valence-corrected chi connectivity index (χ4v) is 1.98. The summed E-state index contributed by atoms with van der Waals surface area (Å²) >= 11 is 0. The molecule has 0 aliphatic carbocycles. The molecule has 1 rings (SSSR count). The Balaban J connectivity index is 2.40. The van der Waals surface area contributed by atoms with Crippen LogP contribution in [0.2, 0.25) is 0 Å². The van der Waals surface area contributed by atoms with E-state index < -0.39 is 0 Å². The molecule has 0 bridgehead atoms. The smallest absolute Gasteiger partial charge is 0.0459 e. The molecule has 0 saturated carbocycles. The van der Waals surface area contributed by atoms with Crippen LogP contribution in [0.25, 0.3) is 0 Å². The third-order valence-corrected chi connectivity index (χ3v) is 2.84. The lowest BCUT2D eigenvalue weighted by atomic mass is 9.82. The number of piperidine rings is 1. The van der Waals surface area contributed by atoms with E-state index in [0.717, 1.165) is 6.54 Å². The zero-order chi connectivity index (χ0) is 8.27. The number of hydrogen-bond donors (Lipinski definition) is 2. The first kappa shape index (κ1) is 9.01. The van der Waals surface area contributed by atoms with Gasteiger partial charge < -0.3 is 10.4 Å². The van der Waals surface area contributed by atoms with Crippen LogP contribution in [0.1, 0.15) is 26.7 Å². The van der Waals surface area contributed by atoms with E-state index in [2.05, 4.69) is 19.2 Å². The molecule has 0 spiro atoms. The largest absolute Gasteiger partial charge is 0.396 e. The SMILES string of the molecule is CC(CO)[C@@H]1CCCNC1C. The monoisotopic (exact) mass is 157 g/mol. The van der Waals surface area contributed by atoms with Crippen molar-refractivity contribution in [1.82, 2.24) is 5.32 Å². The highest BCUT2D eigenvalue weighted by molar-refractivity contribution is 4.80. The summed E-state index contributed by atoms with van der Waals surface area (Å²) in [7, 11) is 0. The molecule has 0 amide bonds. The third kappa shape index (κ3) is 2.17. The Morgan fingerprint density at radius 1 is 1.64 bits per heavy atom. The van der Waals surface area contributed by atoms with Crippen LogP contribution in [0.5, 0.6) is 0 Å². The summed E-state index contributed by atoms with van der Waals surface area (Å²) in [4.78, 5) is 0. The van der Waals surface area contributed by atoms with Gasteiger partial charge in [-0.1, -0.05) is 6.92 Å². The van der Waals surface area contributed by atoms with Gasteiger partial charge in [0.05, 0.1) is 0 Å². The Morgan fingerprint density at radius 3 is 2.91 bits per heavy atom. The molecule has 1 aliphatic heterocycles. The van der Waals surface area contributed by atoms with Gasteiger partial charge in [0.2, 0.25) is 0 Å². The molecule has 1 aliphatic rings. The molecule has 66 valence electrons. The van der Waals surface area contributed by atoms with Gasteiger partial charge in [-0.3, -0.25) is 0 Å². The van der Waals surface area contributed by atoms with Gasteiger partial charge >= 0.3 is 0 Å². The molecule has 11 heavy (non-hydrogen) atoms. The fraction of sp³-hybridized carbons (Fsp3) is 1.00. The Bertz CT molecular complexity index is 112. The van der Waals surface area contributed by atoms with Gasteiger partial charge in [0.1, 0.15) is 0 Å². The van der Waals surface area contributed by atoms with Crippen LogP contribution in [0.4, 0.5) is 0 Å². The van der Waals surface area contributed by atoms with Crippen molar-refractivity contribution in [1.29, 1.82) is 0 Å².